The normalized spacial score (nSPS) is 11.2. The molecule has 0 aliphatic heterocycles. The topological polar surface area (TPSA) is 40.5 Å². The molecule has 2 N–H and O–H groups in total. The lowest BCUT2D eigenvalue weighted by Gasteiger charge is -2.27. The molecule has 2 nitrogen and oxygen atoms in total. The van der Waals surface area contributed by atoms with E-state index < -0.39 is 0 Å². The van der Waals surface area contributed by atoms with Crippen molar-refractivity contribution in [2.45, 2.75) is 25.7 Å². The van der Waals surface area contributed by atoms with E-state index in [0.717, 1.165) is 16.7 Å². The largest absolute Gasteiger partial charge is 0.508 e. The fourth-order valence-corrected chi connectivity index (χ4v) is 2.09. The summed E-state index contributed by atoms with van der Waals surface area (Å²) in [5.41, 5.74) is 2.29. The summed E-state index contributed by atoms with van der Waals surface area (Å²) in [5.74, 6) is 0.232. The van der Waals surface area contributed by atoms with Crippen molar-refractivity contribution in [3.63, 3.8) is 0 Å². The number of aromatic hydroxyl groups is 1. The first-order valence-corrected chi connectivity index (χ1v) is 5.69. The second-order valence-electron chi connectivity index (χ2n) is 4.77. The molecule has 2 heteroatoms. The molecule has 0 amide bonds. The van der Waals surface area contributed by atoms with Crippen LogP contribution in [0.25, 0.3) is 12.2 Å². The van der Waals surface area contributed by atoms with E-state index in [1.165, 1.54) is 0 Å². The number of hydrogen-bond acceptors (Lipinski definition) is 2. The van der Waals surface area contributed by atoms with Crippen LogP contribution < -0.4 is 0 Å². The molecule has 1 aromatic rings. The third kappa shape index (κ3) is 2.77. The molecule has 0 atom stereocenters. The second-order valence-corrected chi connectivity index (χ2v) is 4.77. The summed E-state index contributed by atoms with van der Waals surface area (Å²) < 4.78 is 0. The summed E-state index contributed by atoms with van der Waals surface area (Å²) in [7, 11) is 0. The Morgan fingerprint density at radius 2 is 1.88 bits per heavy atom. The maximum Gasteiger partial charge on any atom is 0.120 e. The van der Waals surface area contributed by atoms with E-state index in [0.29, 0.717) is 6.42 Å². The molecule has 17 heavy (non-hydrogen) atoms. The highest BCUT2D eigenvalue weighted by atomic mass is 16.3. The van der Waals surface area contributed by atoms with Crippen molar-refractivity contribution < 1.29 is 10.2 Å². The van der Waals surface area contributed by atoms with Gasteiger partial charge in [0.2, 0.25) is 0 Å². The van der Waals surface area contributed by atoms with Crippen LogP contribution in [0.2, 0.25) is 0 Å². The van der Waals surface area contributed by atoms with Crippen molar-refractivity contribution >= 4 is 12.2 Å². The van der Waals surface area contributed by atoms with Gasteiger partial charge < -0.3 is 10.2 Å². The summed E-state index contributed by atoms with van der Waals surface area (Å²) in [5, 5.41) is 19.2. The van der Waals surface area contributed by atoms with Gasteiger partial charge in [-0.05, 0) is 35.1 Å². The molecule has 0 aliphatic carbocycles. The summed E-state index contributed by atoms with van der Waals surface area (Å²) in [6.07, 6.45) is 4.01. The number of phenols is 1. The first-order chi connectivity index (χ1) is 7.96. The Balaban J connectivity index is 3.41. The van der Waals surface area contributed by atoms with Gasteiger partial charge >= 0.3 is 0 Å². The van der Waals surface area contributed by atoms with Crippen LogP contribution in [0.3, 0.4) is 0 Å². The highest BCUT2D eigenvalue weighted by molar-refractivity contribution is 5.65. The SMILES string of the molecule is C=Cc1cc(O)c(C(C)(C)CCO)c(C=C)c1. The first kappa shape index (κ1) is 13.5. The lowest BCUT2D eigenvalue weighted by molar-refractivity contribution is 0.250. The van der Waals surface area contributed by atoms with Crippen molar-refractivity contribution in [2.75, 3.05) is 6.61 Å². The van der Waals surface area contributed by atoms with E-state index in [1.807, 2.05) is 19.9 Å². The standard InChI is InChI=1S/C15H20O2/c1-5-11-9-12(6-2)14(13(17)10-11)15(3,4)7-8-16/h5-6,9-10,16-17H,1-2,7-8H2,3-4H3. The quantitative estimate of drug-likeness (QED) is 0.817. The highest BCUT2D eigenvalue weighted by Gasteiger charge is 2.26. The predicted molar refractivity (Wildman–Crippen MR) is 73.0 cm³/mol. The lowest BCUT2D eigenvalue weighted by Crippen LogP contribution is -2.20. The van der Waals surface area contributed by atoms with Gasteiger partial charge in [0, 0.05) is 12.2 Å². The Labute approximate surface area is 103 Å². The van der Waals surface area contributed by atoms with Gasteiger partial charge in [0.05, 0.1) is 0 Å². The van der Waals surface area contributed by atoms with Gasteiger partial charge in [-0.2, -0.15) is 0 Å². The third-order valence-corrected chi connectivity index (χ3v) is 3.04. The molecule has 92 valence electrons. The molecule has 0 fully saturated rings. The molecule has 0 bridgehead atoms. The molecular formula is C15H20O2. The molecule has 0 spiro atoms. The molecule has 1 aromatic carbocycles. The second kappa shape index (κ2) is 5.19. The minimum Gasteiger partial charge on any atom is -0.508 e. The molecular weight excluding hydrogens is 212 g/mol. The summed E-state index contributed by atoms with van der Waals surface area (Å²) in [6.45, 7) is 11.6. The van der Waals surface area contributed by atoms with Gasteiger partial charge in [0.15, 0.2) is 0 Å². The zero-order valence-corrected chi connectivity index (χ0v) is 10.5. The third-order valence-electron chi connectivity index (χ3n) is 3.04. The van der Waals surface area contributed by atoms with E-state index >= 15 is 0 Å². The van der Waals surface area contributed by atoms with Crippen molar-refractivity contribution in [3.05, 3.63) is 42.0 Å². The summed E-state index contributed by atoms with van der Waals surface area (Å²) in [6, 6.07) is 3.63. The minimum atomic E-state index is -0.290. The Bertz CT molecular complexity index is 431. The maximum absolute atomic E-state index is 10.1. The van der Waals surface area contributed by atoms with Crippen LogP contribution in [0, 0.1) is 0 Å². The van der Waals surface area contributed by atoms with Crippen molar-refractivity contribution in [3.8, 4) is 5.75 Å². The molecule has 0 saturated heterocycles. The molecule has 0 unspecified atom stereocenters. The van der Waals surface area contributed by atoms with Gasteiger partial charge in [0.25, 0.3) is 0 Å². The average Bonchev–Trinajstić information content (AvgIpc) is 2.27. The molecule has 0 saturated carbocycles. The van der Waals surface area contributed by atoms with Gasteiger partial charge in [-0.3, -0.25) is 0 Å². The number of hydrogen-bond donors (Lipinski definition) is 2. The zero-order valence-electron chi connectivity index (χ0n) is 10.5. The first-order valence-electron chi connectivity index (χ1n) is 5.69. The summed E-state index contributed by atoms with van der Waals surface area (Å²) in [4.78, 5) is 0. The molecule has 0 radical (unpaired) electrons. The van der Waals surface area contributed by atoms with Gasteiger partial charge in [0.1, 0.15) is 5.75 Å². The Hall–Kier alpha value is -1.54. The lowest BCUT2D eigenvalue weighted by atomic mass is 9.78. The minimum absolute atomic E-state index is 0.0895. The average molecular weight is 232 g/mol. The molecule has 1 rings (SSSR count). The van der Waals surface area contributed by atoms with Crippen LogP contribution in [-0.2, 0) is 5.41 Å². The monoisotopic (exact) mass is 232 g/mol. The number of aliphatic hydroxyl groups is 1. The highest BCUT2D eigenvalue weighted by Crippen LogP contribution is 2.37. The fraction of sp³-hybridized carbons (Fsp3) is 0.333. The number of rotatable bonds is 5. The van der Waals surface area contributed by atoms with E-state index in [4.69, 9.17) is 5.11 Å². The van der Waals surface area contributed by atoms with Crippen LogP contribution in [0.1, 0.15) is 37.0 Å². The fourth-order valence-electron chi connectivity index (χ4n) is 2.09. The Kier molecular flexibility index (Phi) is 4.13. The van der Waals surface area contributed by atoms with Crippen molar-refractivity contribution in [1.29, 1.82) is 0 Å². The molecule has 0 aliphatic rings. The molecule has 0 heterocycles. The van der Waals surface area contributed by atoms with E-state index in [1.54, 1.807) is 18.2 Å². The zero-order chi connectivity index (χ0) is 13.1. The van der Waals surface area contributed by atoms with E-state index in [9.17, 15) is 5.11 Å². The van der Waals surface area contributed by atoms with Crippen molar-refractivity contribution in [2.24, 2.45) is 0 Å². The van der Waals surface area contributed by atoms with Gasteiger partial charge in [-0.25, -0.2) is 0 Å². The Morgan fingerprint density at radius 3 is 2.35 bits per heavy atom. The van der Waals surface area contributed by atoms with Crippen LogP contribution in [0.5, 0.6) is 5.75 Å². The van der Waals surface area contributed by atoms with E-state index in [2.05, 4.69) is 13.2 Å². The molecule has 0 aromatic heterocycles. The van der Waals surface area contributed by atoms with Crippen molar-refractivity contribution in [1.82, 2.24) is 0 Å². The number of aliphatic hydroxyl groups excluding tert-OH is 1. The van der Waals surface area contributed by atoms with Crippen LogP contribution in [0.15, 0.2) is 25.3 Å². The van der Waals surface area contributed by atoms with Crippen LogP contribution in [-0.4, -0.2) is 16.8 Å². The van der Waals surface area contributed by atoms with Gasteiger partial charge in [-0.15, -0.1) is 0 Å². The van der Waals surface area contributed by atoms with Crippen LogP contribution in [0.4, 0.5) is 0 Å². The Morgan fingerprint density at radius 1 is 1.24 bits per heavy atom. The maximum atomic E-state index is 10.1. The summed E-state index contributed by atoms with van der Waals surface area (Å²) >= 11 is 0. The van der Waals surface area contributed by atoms with Gasteiger partial charge in [-0.1, -0.05) is 39.2 Å². The number of benzene rings is 1. The van der Waals surface area contributed by atoms with Crippen LogP contribution >= 0.6 is 0 Å². The number of phenolic OH excluding ortho intramolecular Hbond substituents is 1. The smallest absolute Gasteiger partial charge is 0.120 e. The van der Waals surface area contributed by atoms with E-state index in [-0.39, 0.29) is 17.8 Å². The predicted octanol–water partition coefficient (Wildman–Crippen LogP) is 3.34.